The predicted octanol–water partition coefficient (Wildman–Crippen LogP) is 3.95. The Kier molecular flexibility index (Phi) is 5.39. The maximum Gasteiger partial charge on any atom is 0.223 e. The zero-order valence-electron chi connectivity index (χ0n) is 15.4. The van der Waals surface area contributed by atoms with Crippen LogP contribution in [0.4, 0.5) is 4.39 Å². The van der Waals surface area contributed by atoms with Crippen molar-refractivity contribution in [2.24, 2.45) is 5.92 Å². The molecule has 1 amide bonds. The van der Waals surface area contributed by atoms with E-state index in [4.69, 9.17) is 4.42 Å². The molecule has 4 rings (SSSR count). The second kappa shape index (κ2) is 8.09. The van der Waals surface area contributed by atoms with Gasteiger partial charge in [0, 0.05) is 38.6 Å². The van der Waals surface area contributed by atoms with Crippen LogP contribution in [-0.2, 0) is 11.3 Å². The summed E-state index contributed by atoms with van der Waals surface area (Å²) in [4.78, 5) is 16.9. The van der Waals surface area contributed by atoms with Gasteiger partial charge >= 0.3 is 0 Å². The van der Waals surface area contributed by atoms with Gasteiger partial charge in [0.2, 0.25) is 5.91 Å². The summed E-state index contributed by atoms with van der Waals surface area (Å²) in [5.74, 6) is 1.31. The Bertz CT molecular complexity index is 802. The van der Waals surface area contributed by atoms with E-state index in [2.05, 4.69) is 11.0 Å². The Morgan fingerprint density at radius 3 is 2.96 bits per heavy atom. The molecule has 0 radical (unpaired) electrons. The number of rotatable bonds is 5. The molecular formula is C22H25FN2O2. The Morgan fingerprint density at radius 2 is 2.15 bits per heavy atom. The first-order chi connectivity index (χ1) is 13.2. The number of fused-ring (bicyclic) bond motifs is 1. The fourth-order valence-corrected chi connectivity index (χ4v) is 4.33. The summed E-state index contributed by atoms with van der Waals surface area (Å²) in [5, 5.41) is 0. The molecule has 5 heteroatoms. The molecule has 0 N–H and O–H groups in total. The third-order valence-corrected chi connectivity index (χ3v) is 5.66. The lowest BCUT2D eigenvalue weighted by molar-refractivity contribution is -0.141. The van der Waals surface area contributed by atoms with Gasteiger partial charge in [-0.05, 0) is 54.7 Å². The Hall–Kier alpha value is -2.40. The molecule has 2 aromatic rings. The summed E-state index contributed by atoms with van der Waals surface area (Å²) in [6, 6.07) is 10.7. The molecule has 27 heavy (non-hydrogen) atoms. The average Bonchev–Trinajstić information content (AvgIpc) is 3.18. The number of carbonyl (C=O) groups excluding carboxylic acids is 1. The van der Waals surface area contributed by atoms with Gasteiger partial charge in [-0.25, -0.2) is 4.39 Å². The van der Waals surface area contributed by atoms with Crippen LogP contribution in [0.15, 0.2) is 53.2 Å². The summed E-state index contributed by atoms with van der Waals surface area (Å²) < 4.78 is 18.8. The van der Waals surface area contributed by atoms with Crippen LogP contribution < -0.4 is 0 Å². The molecule has 1 aromatic heterocycles. The van der Waals surface area contributed by atoms with Crippen LogP contribution in [0.1, 0.15) is 30.6 Å². The van der Waals surface area contributed by atoms with Gasteiger partial charge in [-0.1, -0.05) is 18.2 Å². The van der Waals surface area contributed by atoms with Crippen LogP contribution in [0.2, 0.25) is 0 Å². The third kappa shape index (κ3) is 4.30. The van der Waals surface area contributed by atoms with E-state index in [-0.39, 0.29) is 17.8 Å². The van der Waals surface area contributed by atoms with Gasteiger partial charge < -0.3 is 9.32 Å². The van der Waals surface area contributed by atoms with Gasteiger partial charge in [-0.3, -0.25) is 9.69 Å². The molecule has 0 aliphatic carbocycles. The largest absolute Gasteiger partial charge is 0.465 e. The van der Waals surface area contributed by atoms with Crippen molar-refractivity contribution in [3.05, 3.63) is 65.9 Å². The lowest BCUT2D eigenvalue weighted by Crippen LogP contribution is -2.55. The van der Waals surface area contributed by atoms with Gasteiger partial charge in [-0.2, -0.15) is 0 Å². The fourth-order valence-electron chi connectivity index (χ4n) is 4.33. The fraction of sp³-hybridized carbons (Fsp3) is 0.409. The minimum atomic E-state index is -0.244. The lowest BCUT2D eigenvalue weighted by Gasteiger charge is -2.47. The Labute approximate surface area is 159 Å². The quantitative estimate of drug-likeness (QED) is 0.802. The standard InChI is InChI=1S/C22H25FN2O2/c23-19-5-1-4-17(14-19)15-25-21-10-12-24(16-18(21)8-9-22(25)26)11-2-6-20-7-3-13-27-20/h1-7,13-14,18,21H,8-12,15-16H2/b6-2+/t18-,21+/m1/s1. The lowest BCUT2D eigenvalue weighted by atomic mass is 9.83. The van der Waals surface area contributed by atoms with E-state index in [0.29, 0.717) is 18.9 Å². The molecule has 3 heterocycles. The number of piperidine rings is 2. The smallest absolute Gasteiger partial charge is 0.223 e. The number of furan rings is 1. The Balaban J connectivity index is 1.37. The monoisotopic (exact) mass is 368 g/mol. The molecule has 0 unspecified atom stereocenters. The topological polar surface area (TPSA) is 36.7 Å². The summed E-state index contributed by atoms with van der Waals surface area (Å²) in [7, 11) is 0. The van der Waals surface area contributed by atoms with Crippen molar-refractivity contribution in [3.8, 4) is 0 Å². The van der Waals surface area contributed by atoms with Crippen molar-refractivity contribution < 1.29 is 13.6 Å². The van der Waals surface area contributed by atoms with E-state index in [0.717, 1.165) is 43.8 Å². The highest BCUT2D eigenvalue weighted by Crippen LogP contribution is 2.32. The molecule has 1 aromatic carbocycles. The number of halogens is 1. The highest BCUT2D eigenvalue weighted by atomic mass is 19.1. The van der Waals surface area contributed by atoms with Gasteiger partial charge in [0.15, 0.2) is 0 Å². The van der Waals surface area contributed by atoms with Crippen molar-refractivity contribution in [2.45, 2.75) is 31.8 Å². The average molecular weight is 368 g/mol. The van der Waals surface area contributed by atoms with E-state index in [9.17, 15) is 9.18 Å². The van der Waals surface area contributed by atoms with Gasteiger partial charge in [-0.15, -0.1) is 0 Å². The molecule has 2 aliphatic heterocycles. The molecule has 0 saturated carbocycles. The number of carbonyl (C=O) groups is 1. The van der Waals surface area contributed by atoms with Gasteiger partial charge in [0.1, 0.15) is 11.6 Å². The van der Waals surface area contributed by atoms with Crippen molar-refractivity contribution in [1.29, 1.82) is 0 Å². The zero-order chi connectivity index (χ0) is 18.6. The second-order valence-corrected chi connectivity index (χ2v) is 7.48. The van der Waals surface area contributed by atoms with Crippen LogP contribution in [-0.4, -0.2) is 41.4 Å². The molecule has 2 aliphatic rings. The molecule has 2 atom stereocenters. The molecule has 142 valence electrons. The molecular weight excluding hydrogens is 343 g/mol. The van der Waals surface area contributed by atoms with E-state index in [1.165, 1.54) is 12.1 Å². The third-order valence-electron chi connectivity index (χ3n) is 5.66. The highest BCUT2D eigenvalue weighted by molar-refractivity contribution is 5.77. The maximum absolute atomic E-state index is 13.5. The van der Waals surface area contributed by atoms with Crippen LogP contribution in [0.3, 0.4) is 0 Å². The maximum atomic E-state index is 13.5. The molecule has 2 fully saturated rings. The number of amides is 1. The minimum Gasteiger partial charge on any atom is -0.465 e. The first kappa shape index (κ1) is 18.0. The minimum absolute atomic E-state index is 0.201. The van der Waals surface area contributed by atoms with E-state index in [1.54, 1.807) is 12.3 Å². The predicted molar refractivity (Wildman–Crippen MR) is 102 cm³/mol. The summed E-state index contributed by atoms with van der Waals surface area (Å²) in [6.45, 7) is 3.37. The van der Waals surface area contributed by atoms with E-state index >= 15 is 0 Å². The van der Waals surface area contributed by atoms with E-state index < -0.39 is 0 Å². The van der Waals surface area contributed by atoms with Gasteiger partial charge in [0.05, 0.1) is 6.26 Å². The number of benzene rings is 1. The number of nitrogens with zero attached hydrogens (tertiary/aromatic N) is 2. The van der Waals surface area contributed by atoms with Crippen molar-refractivity contribution in [1.82, 2.24) is 9.80 Å². The van der Waals surface area contributed by atoms with Crippen LogP contribution in [0, 0.1) is 11.7 Å². The van der Waals surface area contributed by atoms with Crippen molar-refractivity contribution in [3.63, 3.8) is 0 Å². The zero-order valence-corrected chi connectivity index (χ0v) is 15.4. The highest BCUT2D eigenvalue weighted by Gasteiger charge is 2.38. The number of hydrogen-bond acceptors (Lipinski definition) is 3. The summed E-state index contributed by atoms with van der Waals surface area (Å²) in [5.41, 5.74) is 0.868. The SMILES string of the molecule is O=C1CC[C@@H]2CN(C/C=C/c3ccco3)CC[C@@H]2N1Cc1cccc(F)c1. The molecule has 0 bridgehead atoms. The number of likely N-dealkylation sites (tertiary alicyclic amines) is 2. The number of hydrogen-bond donors (Lipinski definition) is 0. The Morgan fingerprint density at radius 1 is 1.22 bits per heavy atom. The molecule has 2 saturated heterocycles. The molecule has 0 spiro atoms. The van der Waals surface area contributed by atoms with Gasteiger partial charge in [0.25, 0.3) is 0 Å². The second-order valence-electron chi connectivity index (χ2n) is 7.48. The first-order valence-electron chi connectivity index (χ1n) is 9.65. The normalized spacial score (nSPS) is 23.7. The van der Waals surface area contributed by atoms with Crippen molar-refractivity contribution in [2.75, 3.05) is 19.6 Å². The summed E-state index contributed by atoms with van der Waals surface area (Å²) >= 11 is 0. The van der Waals surface area contributed by atoms with Crippen LogP contribution >= 0.6 is 0 Å². The van der Waals surface area contributed by atoms with E-state index in [1.807, 2.05) is 29.2 Å². The molecule has 4 nitrogen and oxygen atoms in total. The first-order valence-corrected chi connectivity index (χ1v) is 9.65. The summed E-state index contributed by atoms with van der Waals surface area (Å²) in [6.07, 6.45) is 8.33. The van der Waals surface area contributed by atoms with Crippen molar-refractivity contribution >= 4 is 12.0 Å². The van der Waals surface area contributed by atoms with Crippen LogP contribution in [0.5, 0.6) is 0 Å². The van der Waals surface area contributed by atoms with Crippen LogP contribution in [0.25, 0.3) is 6.08 Å².